The third kappa shape index (κ3) is 6.87. The van der Waals surface area contributed by atoms with E-state index in [0.717, 1.165) is 21.5 Å². The Kier molecular flexibility index (Phi) is 8.56. The van der Waals surface area contributed by atoms with Crippen molar-refractivity contribution in [2.75, 3.05) is 0 Å². The molecule has 0 unspecified atom stereocenters. The van der Waals surface area contributed by atoms with Crippen LogP contribution in [0, 0.1) is 11.8 Å². The van der Waals surface area contributed by atoms with Crippen LogP contribution in [0.4, 0.5) is 0 Å². The third-order valence-corrected chi connectivity index (χ3v) is 6.09. The molecule has 0 aliphatic carbocycles. The maximum Gasteiger partial charge on any atom is 0.244 e. The lowest BCUT2D eigenvalue weighted by atomic mass is 9.92. The number of aromatic amines is 1. The summed E-state index contributed by atoms with van der Waals surface area (Å²) in [6.07, 6.45) is 4.06. The van der Waals surface area contributed by atoms with Gasteiger partial charge in [-0.1, -0.05) is 32.0 Å². The minimum Gasteiger partial charge on any atom is -0.361 e. The largest absolute Gasteiger partial charge is 0.361 e. The van der Waals surface area contributed by atoms with Gasteiger partial charge in [0.15, 0.2) is 0 Å². The van der Waals surface area contributed by atoms with Gasteiger partial charge >= 0.3 is 0 Å². The average molecular weight is 472 g/mol. The monoisotopic (exact) mass is 471 g/mol. The molecule has 0 radical (unpaired) electrons. The lowest BCUT2D eigenvalue weighted by Gasteiger charge is -2.23. The molecule has 2 atom stereocenters. The molecular weight excluding hydrogens is 442 g/mol. The molecule has 2 heterocycles. The van der Waals surface area contributed by atoms with Crippen molar-refractivity contribution < 1.29 is 19.6 Å². The number of rotatable bonds is 11. The second-order valence-electron chi connectivity index (χ2n) is 8.33. The number of fused-ring (bicyclic) bond motifs is 1. The number of hydroxylamine groups is 1. The van der Waals surface area contributed by atoms with Crippen LogP contribution in [0.15, 0.2) is 42.0 Å². The first-order valence-corrected chi connectivity index (χ1v) is 11.7. The molecule has 2 aromatic heterocycles. The number of nitrogens with zero attached hydrogens (tertiary/aromatic N) is 1. The van der Waals surface area contributed by atoms with E-state index in [2.05, 4.69) is 20.6 Å². The van der Waals surface area contributed by atoms with Crippen molar-refractivity contribution in [1.29, 1.82) is 0 Å². The van der Waals surface area contributed by atoms with E-state index in [-0.39, 0.29) is 31.2 Å². The van der Waals surface area contributed by atoms with E-state index in [9.17, 15) is 14.4 Å². The predicted octanol–water partition coefficient (Wildman–Crippen LogP) is 2.53. The van der Waals surface area contributed by atoms with Crippen LogP contribution in [0.5, 0.6) is 0 Å². The van der Waals surface area contributed by atoms with Crippen LogP contribution in [0.2, 0.25) is 0 Å². The number of amides is 3. The van der Waals surface area contributed by atoms with Gasteiger partial charge in [0.05, 0.1) is 6.54 Å². The van der Waals surface area contributed by atoms with Crippen molar-refractivity contribution in [3.63, 3.8) is 0 Å². The number of hydrogen-bond acceptors (Lipinski definition) is 6. The van der Waals surface area contributed by atoms with Gasteiger partial charge in [0.1, 0.15) is 11.0 Å². The fraction of sp³-hybridized carbons (Fsp3) is 0.391. The summed E-state index contributed by atoms with van der Waals surface area (Å²) in [6, 6.07) is 6.90. The molecule has 176 valence electrons. The number of carbonyl (C=O) groups excluding carboxylic acids is 3. The minimum atomic E-state index is -0.844. The lowest BCUT2D eigenvalue weighted by Crippen LogP contribution is -2.50. The second kappa shape index (κ2) is 11.6. The van der Waals surface area contributed by atoms with Gasteiger partial charge in [-0.15, -0.1) is 11.3 Å². The summed E-state index contributed by atoms with van der Waals surface area (Å²) in [7, 11) is 0. The van der Waals surface area contributed by atoms with Gasteiger partial charge in [0.2, 0.25) is 17.7 Å². The Morgan fingerprint density at radius 1 is 1.18 bits per heavy atom. The molecule has 0 bridgehead atoms. The summed E-state index contributed by atoms with van der Waals surface area (Å²) in [5, 5.41) is 18.2. The maximum absolute atomic E-state index is 13.1. The van der Waals surface area contributed by atoms with Gasteiger partial charge in [0, 0.05) is 47.4 Å². The van der Waals surface area contributed by atoms with E-state index in [4.69, 9.17) is 5.21 Å². The van der Waals surface area contributed by atoms with Gasteiger partial charge in [-0.05, 0) is 24.0 Å². The fourth-order valence-corrected chi connectivity index (χ4v) is 4.32. The Morgan fingerprint density at radius 3 is 2.67 bits per heavy atom. The van der Waals surface area contributed by atoms with Crippen molar-refractivity contribution in [2.24, 2.45) is 11.8 Å². The summed E-state index contributed by atoms with van der Waals surface area (Å²) < 4.78 is 0. The van der Waals surface area contributed by atoms with Gasteiger partial charge in [-0.25, -0.2) is 10.5 Å². The molecule has 0 fully saturated rings. The maximum atomic E-state index is 13.1. The van der Waals surface area contributed by atoms with Crippen LogP contribution >= 0.6 is 11.3 Å². The topological polar surface area (TPSA) is 136 Å². The molecule has 0 saturated heterocycles. The standard InChI is InChI=1S/C23H29N5O4S/c1-14(2)9-15(11-20(29)28-32)22(30)27-19(23(31)26-13-21-24-7-8-33-21)10-16-12-25-18-6-4-3-5-17(16)18/h3-8,12,14-15,19,25,32H,9-11,13H2,1-2H3,(H,26,31)(H,27,30)(H,28,29)/t15-,19+/m1/s1. The highest BCUT2D eigenvalue weighted by molar-refractivity contribution is 7.09. The van der Waals surface area contributed by atoms with E-state index in [0.29, 0.717) is 6.42 Å². The first-order valence-electron chi connectivity index (χ1n) is 10.8. The number of thiazole rings is 1. The Labute approximate surface area is 196 Å². The smallest absolute Gasteiger partial charge is 0.244 e. The molecule has 0 spiro atoms. The number of hydrogen-bond donors (Lipinski definition) is 5. The van der Waals surface area contributed by atoms with Crippen molar-refractivity contribution in [2.45, 2.75) is 45.7 Å². The van der Waals surface area contributed by atoms with E-state index in [1.807, 2.05) is 49.7 Å². The normalized spacial score (nSPS) is 13.0. The average Bonchev–Trinajstić information content (AvgIpc) is 3.46. The van der Waals surface area contributed by atoms with Crippen LogP contribution < -0.4 is 16.1 Å². The van der Waals surface area contributed by atoms with Crippen molar-refractivity contribution >= 4 is 40.0 Å². The van der Waals surface area contributed by atoms with E-state index in [1.54, 1.807) is 11.7 Å². The lowest BCUT2D eigenvalue weighted by molar-refractivity contribution is -0.136. The van der Waals surface area contributed by atoms with Gasteiger partial charge in [-0.2, -0.15) is 0 Å². The summed E-state index contributed by atoms with van der Waals surface area (Å²) in [6.45, 7) is 4.15. The number of nitrogens with one attached hydrogen (secondary N) is 4. The number of para-hydroxylation sites is 1. The van der Waals surface area contributed by atoms with Crippen LogP contribution in [0.25, 0.3) is 10.9 Å². The Balaban J connectivity index is 1.79. The molecule has 0 aliphatic heterocycles. The number of benzene rings is 1. The molecule has 3 rings (SSSR count). The van der Waals surface area contributed by atoms with Gasteiger partial charge in [-0.3, -0.25) is 19.6 Å². The van der Waals surface area contributed by atoms with E-state index in [1.165, 1.54) is 11.3 Å². The van der Waals surface area contributed by atoms with Gasteiger partial charge in [0.25, 0.3) is 0 Å². The third-order valence-electron chi connectivity index (χ3n) is 5.31. The minimum absolute atomic E-state index is 0.151. The van der Waals surface area contributed by atoms with Crippen molar-refractivity contribution in [3.05, 3.63) is 52.6 Å². The zero-order valence-corrected chi connectivity index (χ0v) is 19.4. The van der Waals surface area contributed by atoms with E-state index >= 15 is 0 Å². The molecule has 0 saturated carbocycles. The summed E-state index contributed by atoms with van der Waals surface area (Å²) in [5.41, 5.74) is 3.42. The van der Waals surface area contributed by atoms with Gasteiger partial charge < -0.3 is 15.6 Å². The SMILES string of the molecule is CC(C)C[C@H](CC(=O)NO)C(=O)N[C@@H](Cc1c[nH]c2ccccc12)C(=O)NCc1nccs1. The van der Waals surface area contributed by atoms with Crippen molar-refractivity contribution in [3.8, 4) is 0 Å². The highest BCUT2D eigenvalue weighted by Crippen LogP contribution is 2.20. The molecule has 3 aromatic rings. The Morgan fingerprint density at radius 2 is 1.97 bits per heavy atom. The van der Waals surface area contributed by atoms with Crippen LogP contribution in [0.1, 0.15) is 37.3 Å². The molecule has 3 amide bonds. The zero-order valence-electron chi connectivity index (χ0n) is 18.6. The second-order valence-corrected chi connectivity index (χ2v) is 9.31. The molecule has 1 aromatic carbocycles. The number of carbonyl (C=O) groups is 3. The molecule has 0 aliphatic rings. The highest BCUT2D eigenvalue weighted by atomic mass is 32.1. The summed E-state index contributed by atoms with van der Waals surface area (Å²) in [5.74, 6) is -1.90. The molecule has 9 nitrogen and oxygen atoms in total. The first-order chi connectivity index (χ1) is 15.9. The van der Waals surface area contributed by atoms with Crippen LogP contribution in [0.3, 0.4) is 0 Å². The molecule has 33 heavy (non-hydrogen) atoms. The fourth-order valence-electron chi connectivity index (χ4n) is 3.77. The highest BCUT2D eigenvalue weighted by Gasteiger charge is 2.28. The van der Waals surface area contributed by atoms with Crippen molar-refractivity contribution in [1.82, 2.24) is 26.1 Å². The zero-order chi connectivity index (χ0) is 23.8. The molecule has 10 heteroatoms. The molecular formula is C23H29N5O4S. The molecule has 5 N–H and O–H groups in total. The van der Waals surface area contributed by atoms with Crippen LogP contribution in [-0.4, -0.2) is 38.9 Å². The summed E-state index contributed by atoms with van der Waals surface area (Å²) >= 11 is 1.43. The van der Waals surface area contributed by atoms with E-state index < -0.39 is 23.8 Å². The number of H-pyrrole nitrogens is 1. The quantitative estimate of drug-likeness (QED) is 0.216. The number of aromatic nitrogens is 2. The Hall–Kier alpha value is -3.24. The predicted molar refractivity (Wildman–Crippen MR) is 125 cm³/mol. The Bertz CT molecular complexity index is 1080. The summed E-state index contributed by atoms with van der Waals surface area (Å²) in [4.78, 5) is 45.3. The van der Waals surface area contributed by atoms with Crippen LogP contribution in [-0.2, 0) is 27.3 Å². The first kappa shape index (κ1) is 24.4.